The van der Waals surface area contributed by atoms with E-state index in [-0.39, 0.29) is 0 Å². The molecule has 178 valence electrons. The van der Waals surface area contributed by atoms with Gasteiger partial charge in [-0.3, -0.25) is 0 Å². The van der Waals surface area contributed by atoms with Crippen molar-refractivity contribution < 1.29 is 8.42 Å². The van der Waals surface area contributed by atoms with Gasteiger partial charge in [-0.15, -0.1) is 0 Å². The maximum absolute atomic E-state index is 11.7. The lowest BCUT2D eigenvalue weighted by atomic mass is 9.74. The van der Waals surface area contributed by atoms with Crippen molar-refractivity contribution in [3.05, 3.63) is 125 Å². The van der Waals surface area contributed by atoms with E-state index >= 15 is 0 Å². The van der Waals surface area contributed by atoms with E-state index in [2.05, 4.69) is 41.7 Å². The molecule has 0 fully saturated rings. The number of benzene rings is 3. The third kappa shape index (κ3) is 5.18. The highest BCUT2D eigenvalue weighted by atomic mass is 32.2. The molecule has 1 heterocycles. The molecule has 1 N–H and O–H groups in total. The Morgan fingerprint density at radius 1 is 0.714 bits per heavy atom. The molecule has 0 saturated heterocycles. The molecule has 0 spiro atoms. The molecule has 35 heavy (non-hydrogen) atoms. The summed E-state index contributed by atoms with van der Waals surface area (Å²) in [7, 11) is -3.13. The van der Waals surface area contributed by atoms with E-state index in [1.54, 1.807) is 23.3 Å². The first kappa shape index (κ1) is 23.4. The van der Waals surface area contributed by atoms with E-state index in [1.165, 1.54) is 34.1 Å². The maximum atomic E-state index is 11.7. The van der Waals surface area contributed by atoms with Crippen LogP contribution in [0.5, 0.6) is 0 Å². The van der Waals surface area contributed by atoms with Crippen molar-refractivity contribution in [1.29, 1.82) is 0 Å². The molecule has 0 radical (unpaired) electrons. The predicted octanol–water partition coefficient (Wildman–Crippen LogP) is 6.30. The minimum absolute atomic E-state index is 0.403. The number of rotatable bonds is 2. The van der Waals surface area contributed by atoms with E-state index in [1.807, 2.05) is 48.8 Å². The average Bonchev–Trinajstić information content (AvgIpc) is 3.21. The Hall–Kier alpha value is -3.37. The van der Waals surface area contributed by atoms with Crippen LogP contribution in [-0.4, -0.2) is 14.7 Å². The van der Waals surface area contributed by atoms with Crippen molar-refractivity contribution in [2.75, 3.05) is 6.26 Å². The molecule has 0 aromatic heterocycles. The first-order chi connectivity index (χ1) is 17.0. The Kier molecular flexibility index (Phi) is 6.74. The van der Waals surface area contributed by atoms with Gasteiger partial charge in [0.25, 0.3) is 0 Å². The van der Waals surface area contributed by atoms with Crippen LogP contribution >= 0.6 is 0 Å². The van der Waals surface area contributed by atoms with Crippen LogP contribution in [0.4, 0.5) is 0 Å². The Bertz CT molecular complexity index is 1400. The van der Waals surface area contributed by atoms with Crippen LogP contribution in [0.2, 0.25) is 0 Å². The van der Waals surface area contributed by atoms with Gasteiger partial charge in [0.1, 0.15) is 0 Å². The highest BCUT2D eigenvalue weighted by Gasteiger charge is 2.26. The topological polar surface area (TPSA) is 46.2 Å². The van der Waals surface area contributed by atoms with Crippen LogP contribution in [0.15, 0.2) is 102 Å². The normalized spacial score (nSPS) is 17.7. The van der Waals surface area contributed by atoms with Crippen LogP contribution in [0, 0.1) is 0 Å². The molecule has 3 aliphatic rings. The van der Waals surface area contributed by atoms with Crippen molar-refractivity contribution in [1.82, 2.24) is 5.32 Å². The molecule has 1 unspecified atom stereocenters. The Morgan fingerprint density at radius 3 is 2.20 bits per heavy atom. The molecule has 2 aliphatic carbocycles. The summed E-state index contributed by atoms with van der Waals surface area (Å²) >= 11 is 0. The summed E-state index contributed by atoms with van der Waals surface area (Å²) in [6, 6.07) is 21.0. The van der Waals surface area contributed by atoms with Crippen molar-refractivity contribution in [3.8, 4) is 11.1 Å². The summed E-state index contributed by atoms with van der Waals surface area (Å²) in [6.45, 7) is 0. The minimum atomic E-state index is -3.13. The molecule has 3 nitrogen and oxygen atoms in total. The summed E-state index contributed by atoms with van der Waals surface area (Å²) in [5.74, 6) is 0.468. The lowest BCUT2D eigenvalue weighted by Crippen LogP contribution is -2.17. The van der Waals surface area contributed by atoms with E-state index in [0.717, 1.165) is 32.1 Å². The SMILES string of the molecule is C1=CC=CNC=C1.CS(=O)(=O)c1ccc(C2CCc3c(ccc4c3CCc3ccccc3-4)C2)cc1. The highest BCUT2D eigenvalue weighted by Crippen LogP contribution is 2.41. The van der Waals surface area contributed by atoms with Gasteiger partial charge < -0.3 is 5.32 Å². The zero-order valence-electron chi connectivity index (χ0n) is 20.1. The van der Waals surface area contributed by atoms with Crippen LogP contribution < -0.4 is 5.32 Å². The molecule has 3 aromatic carbocycles. The fourth-order valence-electron chi connectivity index (χ4n) is 5.41. The van der Waals surface area contributed by atoms with Crippen molar-refractivity contribution in [2.45, 2.75) is 42.9 Å². The Labute approximate surface area is 208 Å². The molecule has 1 atom stereocenters. The van der Waals surface area contributed by atoms with Crippen LogP contribution in [0.1, 0.15) is 40.2 Å². The van der Waals surface area contributed by atoms with Gasteiger partial charge in [0.05, 0.1) is 4.90 Å². The second kappa shape index (κ2) is 10.1. The Morgan fingerprint density at radius 2 is 1.46 bits per heavy atom. The summed E-state index contributed by atoms with van der Waals surface area (Å²) in [5, 5.41) is 2.92. The van der Waals surface area contributed by atoms with E-state index < -0.39 is 9.84 Å². The van der Waals surface area contributed by atoms with Gasteiger partial charge in [-0.1, -0.05) is 60.7 Å². The predicted molar refractivity (Wildman–Crippen MR) is 144 cm³/mol. The monoisotopic (exact) mass is 481 g/mol. The van der Waals surface area contributed by atoms with Gasteiger partial charge in [-0.25, -0.2) is 8.42 Å². The average molecular weight is 482 g/mol. The number of nitrogens with one attached hydrogen (secondary N) is 1. The summed E-state index contributed by atoms with van der Waals surface area (Å²) in [5.41, 5.74) is 10.1. The number of allylic oxidation sites excluding steroid dienone is 4. The molecule has 0 bridgehead atoms. The maximum Gasteiger partial charge on any atom is 0.175 e. The fourth-order valence-corrected chi connectivity index (χ4v) is 6.04. The van der Waals surface area contributed by atoms with Crippen molar-refractivity contribution in [2.24, 2.45) is 0 Å². The largest absolute Gasteiger partial charge is 0.368 e. The van der Waals surface area contributed by atoms with Crippen LogP contribution in [0.25, 0.3) is 11.1 Å². The molecule has 0 amide bonds. The van der Waals surface area contributed by atoms with Gasteiger partial charge in [-0.2, -0.15) is 0 Å². The molecular formula is C31H31NO2S. The lowest BCUT2D eigenvalue weighted by Gasteiger charge is -2.30. The minimum Gasteiger partial charge on any atom is -0.368 e. The lowest BCUT2D eigenvalue weighted by molar-refractivity contribution is 0.579. The molecular weight excluding hydrogens is 450 g/mol. The number of hydrogen-bond acceptors (Lipinski definition) is 3. The molecule has 0 saturated carbocycles. The van der Waals surface area contributed by atoms with Crippen LogP contribution in [0.3, 0.4) is 0 Å². The highest BCUT2D eigenvalue weighted by molar-refractivity contribution is 7.90. The summed E-state index contributed by atoms with van der Waals surface area (Å²) in [4.78, 5) is 0.403. The molecule has 6 rings (SSSR count). The van der Waals surface area contributed by atoms with Crippen molar-refractivity contribution >= 4 is 9.84 Å². The summed E-state index contributed by atoms with van der Waals surface area (Å²) in [6.07, 6.45) is 18.4. The third-order valence-electron chi connectivity index (χ3n) is 7.19. The quantitative estimate of drug-likeness (QED) is 0.467. The second-order valence-corrected chi connectivity index (χ2v) is 11.5. The van der Waals surface area contributed by atoms with Gasteiger partial charge >= 0.3 is 0 Å². The van der Waals surface area contributed by atoms with Gasteiger partial charge in [-0.05, 0) is 101 Å². The third-order valence-corrected chi connectivity index (χ3v) is 8.32. The molecule has 4 heteroatoms. The standard InChI is InChI=1S/C25H24O2S.C6H7N/c1-28(26,27)21-11-6-17(7-12-21)19-9-13-23-20(16-19)10-15-24-22-5-3-2-4-18(22)8-14-25(23)24;1-2-4-6-7-5-3-1/h2-7,10-12,15,19H,8-9,13-14,16H2,1H3;1-7H. The van der Waals surface area contributed by atoms with Gasteiger partial charge in [0.15, 0.2) is 9.84 Å². The first-order valence-corrected chi connectivity index (χ1v) is 14.2. The molecule has 1 aliphatic heterocycles. The van der Waals surface area contributed by atoms with E-state index in [9.17, 15) is 8.42 Å². The van der Waals surface area contributed by atoms with Gasteiger partial charge in [0, 0.05) is 18.7 Å². The second-order valence-electron chi connectivity index (χ2n) is 9.44. The first-order valence-electron chi connectivity index (χ1n) is 12.3. The zero-order chi connectivity index (χ0) is 24.3. The Balaban J connectivity index is 0.000000313. The van der Waals surface area contributed by atoms with Gasteiger partial charge in [0.2, 0.25) is 0 Å². The van der Waals surface area contributed by atoms with E-state index in [0.29, 0.717) is 10.8 Å². The van der Waals surface area contributed by atoms with Crippen LogP contribution in [-0.2, 0) is 35.5 Å². The number of hydrogen-bond donors (Lipinski definition) is 1. The summed E-state index contributed by atoms with van der Waals surface area (Å²) < 4.78 is 23.4. The fraction of sp³-hybridized carbons (Fsp3) is 0.226. The number of aryl methyl sites for hydroxylation is 1. The molecule has 3 aromatic rings. The number of sulfone groups is 1. The number of fused-ring (bicyclic) bond motifs is 5. The van der Waals surface area contributed by atoms with E-state index in [4.69, 9.17) is 0 Å². The smallest absolute Gasteiger partial charge is 0.175 e. The van der Waals surface area contributed by atoms with Crippen molar-refractivity contribution in [3.63, 3.8) is 0 Å². The zero-order valence-corrected chi connectivity index (χ0v) is 20.9.